The van der Waals surface area contributed by atoms with E-state index in [2.05, 4.69) is 10.1 Å². The number of nitrogens with zero attached hydrogens (tertiary/aromatic N) is 1. The minimum Gasteiger partial charge on any atom is -0.405 e. The summed E-state index contributed by atoms with van der Waals surface area (Å²) in [7, 11) is 3.88. The molecule has 1 aromatic carbocycles. The second-order valence-corrected chi connectivity index (χ2v) is 5.18. The molecule has 0 bridgehead atoms. The molecule has 0 saturated heterocycles. The van der Waals surface area contributed by atoms with Gasteiger partial charge >= 0.3 is 6.36 Å². The predicted molar refractivity (Wildman–Crippen MR) is 77.3 cm³/mol. The van der Waals surface area contributed by atoms with Gasteiger partial charge in [-0.05, 0) is 46.1 Å². The van der Waals surface area contributed by atoms with Gasteiger partial charge in [-0.25, -0.2) is 0 Å². The van der Waals surface area contributed by atoms with E-state index < -0.39 is 6.36 Å². The number of hydrogen-bond donors (Lipinski definition) is 1. The van der Waals surface area contributed by atoms with Gasteiger partial charge in [-0.15, -0.1) is 13.2 Å². The molecule has 1 unspecified atom stereocenters. The summed E-state index contributed by atoms with van der Waals surface area (Å²) in [6, 6.07) is 6.16. The lowest BCUT2D eigenvalue weighted by Gasteiger charge is -2.23. The van der Waals surface area contributed by atoms with Crippen molar-refractivity contribution in [3.63, 3.8) is 0 Å². The van der Waals surface area contributed by atoms with Crippen molar-refractivity contribution in [3.8, 4) is 5.75 Å². The summed E-state index contributed by atoms with van der Waals surface area (Å²) in [4.78, 5) is 2.01. The van der Waals surface area contributed by atoms with E-state index in [9.17, 15) is 13.2 Å². The number of para-hydroxylation sites is 1. The average molecular weight is 304 g/mol. The Kier molecular flexibility index (Phi) is 6.98. The number of nitrogens with one attached hydrogen (secondary N) is 1. The third-order valence-corrected chi connectivity index (χ3v) is 3.03. The fourth-order valence-corrected chi connectivity index (χ4v) is 2.06. The molecule has 0 aliphatic rings. The van der Waals surface area contributed by atoms with E-state index in [1.165, 1.54) is 6.07 Å². The maximum Gasteiger partial charge on any atom is 0.573 e. The second-order valence-electron chi connectivity index (χ2n) is 5.18. The van der Waals surface area contributed by atoms with E-state index in [-0.39, 0.29) is 11.8 Å². The summed E-state index contributed by atoms with van der Waals surface area (Å²) in [6.07, 6.45) is -3.04. The Balaban J connectivity index is 2.94. The van der Waals surface area contributed by atoms with E-state index in [1.54, 1.807) is 18.2 Å². The molecular formula is C15H23F3N2O. The molecule has 0 fully saturated rings. The van der Waals surface area contributed by atoms with E-state index in [4.69, 9.17) is 0 Å². The third-order valence-electron chi connectivity index (χ3n) is 3.03. The first-order valence-corrected chi connectivity index (χ1v) is 7.06. The van der Waals surface area contributed by atoms with Gasteiger partial charge in [-0.1, -0.05) is 25.1 Å². The first-order chi connectivity index (χ1) is 9.83. The fourth-order valence-electron chi connectivity index (χ4n) is 2.06. The van der Waals surface area contributed by atoms with E-state index in [0.29, 0.717) is 12.0 Å². The molecular weight excluding hydrogens is 281 g/mol. The van der Waals surface area contributed by atoms with Crippen LogP contribution < -0.4 is 10.1 Å². The number of benzene rings is 1. The van der Waals surface area contributed by atoms with Gasteiger partial charge in [0, 0.05) is 11.6 Å². The van der Waals surface area contributed by atoms with Crippen LogP contribution in [-0.2, 0) is 0 Å². The lowest BCUT2D eigenvalue weighted by atomic mass is 10.0. The van der Waals surface area contributed by atoms with Crippen LogP contribution in [0.2, 0.25) is 0 Å². The smallest absolute Gasteiger partial charge is 0.405 e. The molecule has 1 N–H and O–H groups in total. The highest BCUT2D eigenvalue weighted by molar-refractivity contribution is 5.36. The van der Waals surface area contributed by atoms with Gasteiger partial charge in [0.15, 0.2) is 0 Å². The molecule has 1 atom stereocenters. The van der Waals surface area contributed by atoms with Crippen LogP contribution in [0.4, 0.5) is 13.2 Å². The zero-order valence-corrected chi connectivity index (χ0v) is 12.7. The summed E-state index contributed by atoms with van der Waals surface area (Å²) in [5.41, 5.74) is 0.546. The topological polar surface area (TPSA) is 24.5 Å². The molecule has 0 aromatic heterocycles. The molecule has 3 nitrogen and oxygen atoms in total. The van der Waals surface area contributed by atoms with Gasteiger partial charge in [0.2, 0.25) is 0 Å². The van der Waals surface area contributed by atoms with Crippen LogP contribution >= 0.6 is 0 Å². The summed E-state index contributed by atoms with van der Waals surface area (Å²) in [5.74, 6) is -0.127. The molecule has 120 valence electrons. The van der Waals surface area contributed by atoms with Gasteiger partial charge in [0.25, 0.3) is 0 Å². The number of halogens is 3. The quantitative estimate of drug-likeness (QED) is 0.794. The van der Waals surface area contributed by atoms with Crippen LogP contribution in [0.3, 0.4) is 0 Å². The zero-order valence-electron chi connectivity index (χ0n) is 12.7. The highest BCUT2D eigenvalue weighted by atomic mass is 19.4. The van der Waals surface area contributed by atoms with Gasteiger partial charge in [0.1, 0.15) is 5.75 Å². The monoisotopic (exact) mass is 304 g/mol. The van der Waals surface area contributed by atoms with Crippen LogP contribution in [-0.4, -0.2) is 38.4 Å². The Morgan fingerprint density at radius 2 is 1.90 bits per heavy atom. The highest BCUT2D eigenvalue weighted by Gasteiger charge is 2.32. The maximum absolute atomic E-state index is 12.5. The van der Waals surface area contributed by atoms with Crippen LogP contribution in [0.25, 0.3) is 0 Å². The van der Waals surface area contributed by atoms with Crippen molar-refractivity contribution in [1.82, 2.24) is 10.2 Å². The summed E-state index contributed by atoms with van der Waals surface area (Å²) < 4.78 is 41.6. The molecule has 1 rings (SSSR count). The zero-order chi connectivity index (χ0) is 15.9. The van der Waals surface area contributed by atoms with Crippen LogP contribution in [0.5, 0.6) is 5.75 Å². The van der Waals surface area contributed by atoms with Crippen LogP contribution in [0, 0.1) is 0 Å². The Labute approximate surface area is 124 Å². The first kappa shape index (κ1) is 17.8. The largest absolute Gasteiger partial charge is 0.573 e. The molecule has 6 heteroatoms. The first-order valence-electron chi connectivity index (χ1n) is 7.06. The minimum absolute atomic E-state index is 0.127. The van der Waals surface area contributed by atoms with Gasteiger partial charge in [-0.2, -0.15) is 0 Å². The molecule has 0 aliphatic carbocycles. The molecule has 21 heavy (non-hydrogen) atoms. The van der Waals surface area contributed by atoms with Crippen molar-refractivity contribution in [2.24, 2.45) is 0 Å². The molecule has 0 spiro atoms. The van der Waals surface area contributed by atoms with Crippen molar-refractivity contribution < 1.29 is 17.9 Å². The van der Waals surface area contributed by atoms with Crippen molar-refractivity contribution in [2.75, 3.05) is 27.2 Å². The number of ether oxygens (including phenoxy) is 1. The molecule has 1 aromatic rings. The lowest BCUT2D eigenvalue weighted by molar-refractivity contribution is -0.275. The second kappa shape index (κ2) is 8.24. The number of rotatable bonds is 8. The SMILES string of the molecule is CCCNC(CCN(C)C)c1ccccc1OC(F)(F)F. The molecule has 0 radical (unpaired) electrons. The summed E-state index contributed by atoms with van der Waals surface area (Å²) in [5, 5.41) is 3.29. The maximum atomic E-state index is 12.5. The molecule has 0 heterocycles. The molecule has 0 aliphatic heterocycles. The summed E-state index contributed by atoms with van der Waals surface area (Å²) >= 11 is 0. The van der Waals surface area contributed by atoms with E-state index >= 15 is 0 Å². The Morgan fingerprint density at radius 1 is 1.24 bits per heavy atom. The third kappa shape index (κ3) is 6.82. The van der Waals surface area contributed by atoms with E-state index in [0.717, 1.165) is 19.5 Å². The predicted octanol–water partition coefficient (Wildman–Crippen LogP) is 3.58. The standard InChI is InChI=1S/C15H23F3N2O/c1-4-10-19-13(9-11-20(2)3)12-7-5-6-8-14(12)21-15(16,17)18/h5-8,13,19H,4,9-11H2,1-3H3. The number of alkyl halides is 3. The van der Waals surface area contributed by atoms with Crippen LogP contribution in [0.1, 0.15) is 31.4 Å². The van der Waals surface area contributed by atoms with Crippen LogP contribution in [0.15, 0.2) is 24.3 Å². The summed E-state index contributed by atoms with van der Waals surface area (Å²) in [6.45, 7) is 3.55. The molecule has 0 amide bonds. The number of hydrogen-bond acceptors (Lipinski definition) is 3. The van der Waals surface area contributed by atoms with Crippen molar-refractivity contribution in [2.45, 2.75) is 32.2 Å². The van der Waals surface area contributed by atoms with Gasteiger partial charge in [-0.3, -0.25) is 0 Å². The Hall–Kier alpha value is -1.27. The average Bonchev–Trinajstić information content (AvgIpc) is 2.38. The van der Waals surface area contributed by atoms with Gasteiger partial charge in [0.05, 0.1) is 0 Å². The highest BCUT2D eigenvalue weighted by Crippen LogP contribution is 2.31. The Morgan fingerprint density at radius 3 is 2.48 bits per heavy atom. The molecule has 0 saturated carbocycles. The van der Waals surface area contributed by atoms with Gasteiger partial charge < -0.3 is 15.0 Å². The minimum atomic E-state index is -4.67. The van der Waals surface area contributed by atoms with Crippen molar-refractivity contribution in [3.05, 3.63) is 29.8 Å². The van der Waals surface area contributed by atoms with Crippen molar-refractivity contribution >= 4 is 0 Å². The normalized spacial score (nSPS) is 13.5. The lowest BCUT2D eigenvalue weighted by Crippen LogP contribution is -2.27. The Bertz CT molecular complexity index is 422. The van der Waals surface area contributed by atoms with Crippen molar-refractivity contribution in [1.29, 1.82) is 0 Å². The fraction of sp³-hybridized carbons (Fsp3) is 0.600. The van der Waals surface area contributed by atoms with E-state index in [1.807, 2.05) is 25.9 Å².